The van der Waals surface area contributed by atoms with Crippen LogP contribution < -0.4 is 10.2 Å². The van der Waals surface area contributed by atoms with Gasteiger partial charge in [-0.1, -0.05) is 0 Å². The number of hydrogen-bond acceptors (Lipinski definition) is 5. The lowest BCUT2D eigenvalue weighted by atomic mass is 10.2. The number of ether oxygens (including phenoxy) is 1. The van der Waals surface area contributed by atoms with E-state index in [0.717, 1.165) is 32.0 Å². The van der Waals surface area contributed by atoms with Gasteiger partial charge in [0, 0.05) is 36.8 Å². The molecule has 1 heterocycles. The molecular formula is C14H22N2O3S. The monoisotopic (exact) mass is 298 g/mol. The van der Waals surface area contributed by atoms with E-state index in [1.807, 2.05) is 19.1 Å². The summed E-state index contributed by atoms with van der Waals surface area (Å²) in [6.07, 6.45) is 1.26. The zero-order valence-corrected chi connectivity index (χ0v) is 12.8. The molecule has 112 valence electrons. The van der Waals surface area contributed by atoms with Crippen molar-refractivity contribution in [2.24, 2.45) is 0 Å². The molecular weight excluding hydrogens is 276 g/mol. The highest BCUT2D eigenvalue weighted by atomic mass is 32.2. The Balaban J connectivity index is 1.94. The van der Waals surface area contributed by atoms with Crippen LogP contribution in [0, 0.1) is 0 Å². The van der Waals surface area contributed by atoms with E-state index in [-0.39, 0.29) is 11.8 Å². The molecule has 1 aliphatic rings. The standard InChI is InChI=1S/C14H22N2O3S/c1-12(11-20(2,17)18)15-13-3-5-14(6-4-13)16-7-9-19-10-8-16/h3-6,12,15H,7-11H2,1-2H3. The lowest BCUT2D eigenvalue weighted by molar-refractivity contribution is 0.122. The van der Waals surface area contributed by atoms with Crippen molar-refractivity contribution < 1.29 is 13.2 Å². The summed E-state index contributed by atoms with van der Waals surface area (Å²) < 4.78 is 27.8. The maximum atomic E-state index is 11.2. The number of anilines is 2. The van der Waals surface area contributed by atoms with Gasteiger partial charge < -0.3 is 15.0 Å². The molecule has 0 aliphatic carbocycles. The van der Waals surface area contributed by atoms with Gasteiger partial charge in [-0.2, -0.15) is 0 Å². The van der Waals surface area contributed by atoms with Crippen molar-refractivity contribution in [3.05, 3.63) is 24.3 Å². The fraction of sp³-hybridized carbons (Fsp3) is 0.571. The van der Waals surface area contributed by atoms with Crippen LogP contribution in [0.2, 0.25) is 0 Å². The third-order valence-corrected chi connectivity index (χ3v) is 4.31. The minimum atomic E-state index is -2.95. The Labute approximate surface area is 120 Å². The van der Waals surface area contributed by atoms with Gasteiger partial charge in [-0.15, -0.1) is 0 Å². The van der Waals surface area contributed by atoms with Gasteiger partial charge in [-0.25, -0.2) is 8.42 Å². The van der Waals surface area contributed by atoms with Gasteiger partial charge in [-0.3, -0.25) is 0 Å². The average molecular weight is 298 g/mol. The Morgan fingerprint density at radius 1 is 1.25 bits per heavy atom. The Morgan fingerprint density at radius 2 is 1.85 bits per heavy atom. The lowest BCUT2D eigenvalue weighted by Crippen LogP contribution is -2.36. The first kappa shape index (κ1) is 15.1. The van der Waals surface area contributed by atoms with Crippen molar-refractivity contribution in [3.63, 3.8) is 0 Å². The molecule has 20 heavy (non-hydrogen) atoms. The van der Waals surface area contributed by atoms with Crippen molar-refractivity contribution >= 4 is 21.2 Å². The molecule has 1 unspecified atom stereocenters. The Bertz CT molecular complexity index is 522. The Kier molecular flexibility index (Phi) is 4.88. The molecule has 0 aromatic heterocycles. The van der Waals surface area contributed by atoms with Gasteiger partial charge in [0.15, 0.2) is 0 Å². The molecule has 0 bridgehead atoms. The topological polar surface area (TPSA) is 58.6 Å². The Hall–Kier alpha value is -1.27. The molecule has 5 nitrogen and oxygen atoms in total. The summed E-state index contributed by atoms with van der Waals surface area (Å²) in [6, 6.07) is 7.99. The van der Waals surface area contributed by atoms with E-state index in [1.54, 1.807) is 0 Å². The van der Waals surface area contributed by atoms with E-state index < -0.39 is 9.84 Å². The van der Waals surface area contributed by atoms with Gasteiger partial charge >= 0.3 is 0 Å². The third-order valence-electron chi connectivity index (χ3n) is 3.21. The van der Waals surface area contributed by atoms with Crippen LogP contribution in [0.5, 0.6) is 0 Å². The first-order chi connectivity index (χ1) is 9.44. The first-order valence-corrected chi connectivity index (χ1v) is 8.87. The van der Waals surface area contributed by atoms with Crippen LogP contribution in [0.15, 0.2) is 24.3 Å². The summed E-state index contributed by atoms with van der Waals surface area (Å²) in [5, 5.41) is 3.21. The minimum absolute atomic E-state index is 0.0979. The fourth-order valence-electron chi connectivity index (χ4n) is 2.37. The number of nitrogens with one attached hydrogen (secondary N) is 1. The molecule has 0 spiro atoms. The third kappa shape index (κ3) is 4.68. The molecule has 1 aromatic rings. The highest BCUT2D eigenvalue weighted by molar-refractivity contribution is 7.90. The summed E-state index contributed by atoms with van der Waals surface area (Å²) in [5.41, 5.74) is 2.12. The van der Waals surface area contributed by atoms with Crippen molar-refractivity contribution in [1.29, 1.82) is 0 Å². The summed E-state index contributed by atoms with van der Waals surface area (Å²) in [7, 11) is -2.95. The first-order valence-electron chi connectivity index (χ1n) is 6.81. The highest BCUT2D eigenvalue weighted by Crippen LogP contribution is 2.19. The summed E-state index contributed by atoms with van der Waals surface area (Å²) >= 11 is 0. The van der Waals surface area contributed by atoms with Crippen molar-refractivity contribution in [2.45, 2.75) is 13.0 Å². The van der Waals surface area contributed by atoms with Crippen molar-refractivity contribution in [3.8, 4) is 0 Å². The lowest BCUT2D eigenvalue weighted by Gasteiger charge is -2.29. The molecule has 1 atom stereocenters. The van der Waals surface area contributed by atoms with Gasteiger partial charge in [0.1, 0.15) is 9.84 Å². The van der Waals surface area contributed by atoms with Gasteiger partial charge in [0.2, 0.25) is 0 Å². The average Bonchev–Trinajstić information content (AvgIpc) is 2.38. The van der Waals surface area contributed by atoms with Crippen LogP contribution in [0.3, 0.4) is 0 Å². The van der Waals surface area contributed by atoms with Crippen molar-refractivity contribution in [1.82, 2.24) is 0 Å². The molecule has 0 saturated carbocycles. The maximum Gasteiger partial charge on any atom is 0.149 e. The molecule has 1 aromatic carbocycles. The van der Waals surface area contributed by atoms with E-state index in [0.29, 0.717) is 0 Å². The summed E-state index contributed by atoms with van der Waals surface area (Å²) in [4.78, 5) is 2.28. The molecule has 0 amide bonds. The van der Waals surface area contributed by atoms with Crippen LogP contribution >= 0.6 is 0 Å². The van der Waals surface area contributed by atoms with E-state index >= 15 is 0 Å². The highest BCUT2D eigenvalue weighted by Gasteiger charge is 2.12. The molecule has 1 saturated heterocycles. The van der Waals surface area contributed by atoms with Gasteiger partial charge in [0.25, 0.3) is 0 Å². The van der Waals surface area contributed by atoms with Crippen LogP contribution in [0.4, 0.5) is 11.4 Å². The van der Waals surface area contributed by atoms with E-state index in [9.17, 15) is 8.42 Å². The van der Waals surface area contributed by atoms with Crippen LogP contribution in [0.25, 0.3) is 0 Å². The predicted octanol–water partition coefficient (Wildman–Crippen LogP) is 1.37. The smallest absolute Gasteiger partial charge is 0.149 e. The van der Waals surface area contributed by atoms with E-state index in [1.165, 1.54) is 11.9 Å². The second-order valence-corrected chi connectivity index (χ2v) is 7.47. The molecule has 1 aliphatic heterocycles. The molecule has 1 fully saturated rings. The second kappa shape index (κ2) is 6.45. The molecule has 0 radical (unpaired) electrons. The second-order valence-electron chi connectivity index (χ2n) is 5.28. The van der Waals surface area contributed by atoms with E-state index in [4.69, 9.17) is 4.74 Å². The zero-order chi connectivity index (χ0) is 14.6. The number of benzene rings is 1. The van der Waals surface area contributed by atoms with Crippen LogP contribution in [-0.2, 0) is 14.6 Å². The predicted molar refractivity (Wildman–Crippen MR) is 82.3 cm³/mol. The number of morpholine rings is 1. The molecule has 1 N–H and O–H groups in total. The summed E-state index contributed by atoms with van der Waals surface area (Å²) in [5.74, 6) is 0.137. The fourth-order valence-corrected chi connectivity index (χ4v) is 3.36. The Morgan fingerprint density at radius 3 is 2.40 bits per heavy atom. The quantitative estimate of drug-likeness (QED) is 0.889. The normalized spacial score (nSPS) is 17.8. The maximum absolute atomic E-state index is 11.2. The number of nitrogens with zero attached hydrogens (tertiary/aromatic N) is 1. The zero-order valence-electron chi connectivity index (χ0n) is 12.0. The minimum Gasteiger partial charge on any atom is -0.382 e. The molecule has 6 heteroatoms. The number of hydrogen-bond donors (Lipinski definition) is 1. The van der Waals surface area contributed by atoms with Crippen LogP contribution in [-0.4, -0.2) is 52.8 Å². The van der Waals surface area contributed by atoms with E-state index in [2.05, 4.69) is 22.3 Å². The molecule has 2 rings (SSSR count). The summed E-state index contributed by atoms with van der Waals surface area (Å²) in [6.45, 7) is 5.24. The number of rotatable bonds is 5. The van der Waals surface area contributed by atoms with Gasteiger partial charge in [0.05, 0.1) is 19.0 Å². The SMILES string of the molecule is CC(CS(C)(=O)=O)Nc1ccc(N2CCOCC2)cc1. The largest absolute Gasteiger partial charge is 0.382 e. The van der Waals surface area contributed by atoms with Crippen LogP contribution in [0.1, 0.15) is 6.92 Å². The van der Waals surface area contributed by atoms with Crippen molar-refractivity contribution in [2.75, 3.05) is 48.5 Å². The van der Waals surface area contributed by atoms with Gasteiger partial charge in [-0.05, 0) is 31.2 Å². The number of sulfone groups is 1.